The first kappa shape index (κ1) is 19.7. The maximum absolute atomic E-state index is 12.5. The topological polar surface area (TPSA) is 69.7 Å². The number of rotatable bonds is 4. The molecule has 2 rings (SSSR count). The number of hydrogen-bond acceptors (Lipinski definition) is 3. The molecule has 2 aliphatic heterocycles. The highest BCUT2D eigenvalue weighted by Gasteiger charge is 2.36. The van der Waals surface area contributed by atoms with Crippen molar-refractivity contribution < 1.29 is 14.4 Å². The van der Waals surface area contributed by atoms with E-state index in [1.54, 1.807) is 0 Å². The van der Waals surface area contributed by atoms with E-state index < -0.39 is 0 Å². The molecule has 1 N–H and O–H groups in total. The molecule has 0 aromatic carbocycles. The molecule has 3 amide bonds. The fourth-order valence-electron chi connectivity index (χ4n) is 3.87. The summed E-state index contributed by atoms with van der Waals surface area (Å²) in [5, 5.41) is 2.75. The Morgan fingerprint density at radius 3 is 2.48 bits per heavy atom. The van der Waals surface area contributed by atoms with E-state index in [4.69, 9.17) is 0 Å². The van der Waals surface area contributed by atoms with Crippen LogP contribution in [-0.4, -0.2) is 60.2 Å². The molecular formula is C19H33N3O3. The summed E-state index contributed by atoms with van der Waals surface area (Å²) in [5.74, 6) is 1.16. The van der Waals surface area contributed by atoms with E-state index in [0.29, 0.717) is 37.8 Å². The molecule has 2 fully saturated rings. The molecule has 142 valence electrons. The van der Waals surface area contributed by atoms with Crippen LogP contribution in [0.2, 0.25) is 0 Å². The number of fused-ring (bicyclic) bond motifs is 1. The predicted octanol–water partition coefficient (Wildman–Crippen LogP) is 1.65. The molecule has 0 aromatic rings. The first-order valence-electron chi connectivity index (χ1n) is 9.46. The normalized spacial score (nSPS) is 24.6. The van der Waals surface area contributed by atoms with Gasteiger partial charge in [0.15, 0.2) is 0 Å². The first-order chi connectivity index (χ1) is 11.7. The number of carbonyl (C=O) groups is 3. The Hall–Kier alpha value is -1.59. The monoisotopic (exact) mass is 351 g/mol. The van der Waals surface area contributed by atoms with Crippen LogP contribution in [-0.2, 0) is 14.4 Å². The van der Waals surface area contributed by atoms with Crippen LogP contribution < -0.4 is 5.32 Å². The number of hydrogen-bond donors (Lipinski definition) is 1. The fraction of sp³-hybridized carbons (Fsp3) is 0.842. The number of carbonyl (C=O) groups excluding carboxylic acids is 3. The standard InChI is InChI=1S/C19H33N3O3/c1-14(23)20-7-10-21-8-6-16-13-22(18(25)12-19(2,3)4)9-5-15(16)11-17(21)24/h15-16H,5-13H2,1-4H3,(H,20,23). The summed E-state index contributed by atoms with van der Waals surface area (Å²) < 4.78 is 0. The third-order valence-electron chi connectivity index (χ3n) is 5.24. The SMILES string of the molecule is CC(=O)NCCN1CCC2CN(C(=O)CC(C)(C)C)CCC2CC1=O. The zero-order chi connectivity index (χ0) is 18.6. The van der Waals surface area contributed by atoms with Crippen LogP contribution in [0.15, 0.2) is 0 Å². The summed E-state index contributed by atoms with van der Waals surface area (Å²) in [6, 6.07) is 0. The van der Waals surface area contributed by atoms with E-state index in [1.165, 1.54) is 6.92 Å². The van der Waals surface area contributed by atoms with E-state index in [-0.39, 0.29) is 23.1 Å². The van der Waals surface area contributed by atoms with Crippen molar-refractivity contribution in [3.8, 4) is 0 Å². The molecule has 0 spiro atoms. The van der Waals surface area contributed by atoms with Crippen molar-refractivity contribution in [2.24, 2.45) is 17.3 Å². The number of nitrogens with one attached hydrogen (secondary N) is 1. The van der Waals surface area contributed by atoms with E-state index >= 15 is 0 Å². The average Bonchev–Trinajstić information content (AvgIpc) is 2.64. The van der Waals surface area contributed by atoms with Gasteiger partial charge in [0, 0.05) is 52.5 Å². The highest BCUT2D eigenvalue weighted by atomic mass is 16.2. The third kappa shape index (κ3) is 6.01. The highest BCUT2D eigenvalue weighted by Crippen LogP contribution is 2.33. The number of nitrogens with zero attached hydrogens (tertiary/aromatic N) is 2. The maximum atomic E-state index is 12.5. The fourth-order valence-corrected chi connectivity index (χ4v) is 3.87. The number of likely N-dealkylation sites (tertiary alicyclic amines) is 2. The average molecular weight is 351 g/mol. The van der Waals surface area contributed by atoms with Gasteiger partial charge in [0.2, 0.25) is 17.7 Å². The zero-order valence-corrected chi connectivity index (χ0v) is 16.1. The minimum absolute atomic E-state index is 0.00780. The second-order valence-corrected chi connectivity index (χ2v) is 8.74. The summed E-state index contributed by atoms with van der Waals surface area (Å²) in [7, 11) is 0. The molecule has 25 heavy (non-hydrogen) atoms. The summed E-state index contributed by atoms with van der Waals surface area (Å²) in [6.07, 6.45) is 3.01. The first-order valence-corrected chi connectivity index (χ1v) is 9.46. The second-order valence-electron chi connectivity index (χ2n) is 8.74. The molecule has 0 radical (unpaired) electrons. The minimum Gasteiger partial charge on any atom is -0.355 e. The van der Waals surface area contributed by atoms with E-state index in [2.05, 4.69) is 26.1 Å². The molecule has 0 saturated carbocycles. The van der Waals surface area contributed by atoms with Gasteiger partial charge in [-0.1, -0.05) is 20.8 Å². The minimum atomic E-state index is -0.0658. The van der Waals surface area contributed by atoms with Gasteiger partial charge in [0.25, 0.3) is 0 Å². The van der Waals surface area contributed by atoms with Crippen LogP contribution in [0.5, 0.6) is 0 Å². The van der Waals surface area contributed by atoms with Crippen molar-refractivity contribution in [1.29, 1.82) is 0 Å². The smallest absolute Gasteiger partial charge is 0.223 e. The number of piperidine rings is 1. The Bertz CT molecular complexity index is 513. The Morgan fingerprint density at radius 1 is 1.16 bits per heavy atom. The second kappa shape index (κ2) is 8.19. The van der Waals surface area contributed by atoms with Gasteiger partial charge in [0.05, 0.1) is 0 Å². The highest BCUT2D eigenvalue weighted by molar-refractivity contribution is 5.78. The quantitative estimate of drug-likeness (QED) is 0.837. The van der Waals surface area contributed by atoms with Gasteiger partial charge in [-0.2, -0.15) is 0 Å². The molecule has 0 aromatic heterocycles. The van der Waals surface area contributed by atoms with Crippen LogP contribution in [0.3, 0.4) is 0 Å². The lowest BCUT2D eigenvalue weighted by Gasteiger charge is -2.38. The van der Waals surface area contributed by atoms with Gasteiger partial charge in [-0.25, -0.2) is 0 Å². The molecule has 2 heterocycles. The Morgan fingerprint density at radius 2 is 1.84 bits per heavy atom. The summed E-state index contributed by atoms with van der Waals surface area (Å²) >= 11 is 0. The molecule has 2 aliphatic rings. The van der Waals surface area contributed by atoms with Crippen LogP contribution in [0.4, 0.5) is 0 Å². The summed E-state index contributed by atoms with van der Waals surface area (Å²) in [5.41, 5.74) is 0.00780. The van der Waals surface area contributed by atoms with Gasteiger partial charge in [0.1, 0.15) is 0 Å². The van der Waals surface area contributed by atoms with Crippen LogP contribution in [0.1, 0.15) is 53.4 Å². The van der Waals surface area contributed by atoms with Gasteiger partial charge in [-0.3, -0.25) is 14.4 Å². The molecule has 2 atom stereocenters. The largest absolute Gasteiger partial charge is 0.355 e. The number of amides is 3. The lowest BCUT2D eigenvalue weighted by molar-refractivity contribution is -0.136. The van der Waals surface area contributed by atoms with Crippen molar-refractivity contribution in [2.45, 2.75) is 53.4 Å². The molecule has 6 heteroatoms. The summed E-state index contributed by atoms with van der Waals surface area (Å²) in [6.45, 7) is 11.1. The third-order valence-corrected chi connectivity index (χ3v) is 5.24. The zero-order valence-electron chi connectivity index (χ0n) is 16.1. The van der Waals surface area contributed by atoms with E-state index in [9.17, 15) is 14.4 Å². The summed E-state index contributed by atoms with van der Waals surface area (Å²) in [4.78, 5) is 39.9. The maximum Gasteiger partial charge on any atom is 0.223 e. The van der Waals surface area contributed by atoms with Crippen molar-refractivity contribution in [3.63, 3.8) is 0 Å². The Labute approximate surface area is 151 Å². The predicted molar refractivity (Wildman–Crippen MR) is 96.7 cm³/mol. The van der Waals surface area contributed by atoms with Gasteiger partial charge in [-0.05, 0) is 30.1 Å². The Balaban J connectivity index is 1.90. The molecule has 0 aliphatic carbocycles. The molecule has 6 nitrogen and oxygen atoms in total. The van der Waals surface area contributed by atoms with Crippen LogP contribution in [0, 0.1) is 17.3 Å². The van der Waals surface area contributed by atoms with Crippen molar-refractivity contribution in [3.05, 3.63) is 0 Å². The van der Waals surface area contributed by atoms with E-state index in [1.807, 2.05) is 9.80 Å². The van der Waals surface area contributed by atoms with E-state index in [0.717, 1.165) is 32.5 Å². The van der Waals surface area contributed by atoms with Crippen LogP contribution in [0.25, 0.3) is 0 Å². The molecule has 2 saturated heterocycles. The Kier molecular flexibility index (Phi) is 6.47. The molecule has 2 unspecified atom stereocenters. The van der Waals surface area contributed by atoms with Gasteiger partial charge in [-0.15, -0.1) is 0 Å². The lowest BCUT2D eigenvalue weighted by atomic mass is 9.81. The van der Waals surface area contributed by atoms with Crippen LogP contribution >= 0.6 is 0 Å². The van der Waals surface area contributed by atoms with Crippen molar-refractivity contribution in [1.82, 2.24) is 15.1 Å². The van der Waals surface area contributed by atoms with Crippen molar-refractivity contribution in [2.75, 3.05) is 32.7 Å². The molecule has 0 bridgehead atoms. The van der Waals surface area contributed by atoms with Gasteiger partial charge < -0.3 is 15.1 Å². The molecular weight excluding hydrogens is 318 g/mol. The van der Waals surface area contributed by atoms with Crippen molar-refractivity contribution >= 4 is 17.7 Å². The lowest BCUT2D eigenvalue weighted by Crippen LogP contribution is -2.44. The van der Waals surface area contributed by atoms with Gasteiger partial charge >= 0.3 is 0 Å².